The minimum Gasteiger partial charge on any atom is -0.496 e. The van der Waals surface area contributed by atoms with E-state index in [1.165, 1.54) is 45.9 Å². The number of ether oxygens (including phenoxy) is 5. The highest BCUT2D eigenvalue weighted by Crippen LogP contribution is 2.42. The number of hydrogen-bond acceptors (Lipinski definition) is 19. The van der Waals surface area contributed by atoms with Crippen LogP contribution in [0.5, 0.6) is 11.5 Å². The number of rotatable bonds is 13. The average Bonchev–Trinajstić information content (AvgIpc) is 1.58. The number of methoxy groups -OCH3 is 4. The van der Waals surface area contributed by atoms with E-state index in [-0.39, 0.29) is 60.4 Å². The van der Waals surface area contributed by atoms with Crippen LogP contribution in [0.25, 0.3) is 66.6 Å². The summed E-state index contributed by atoms with van der Waals surface area (Å²) in [5.41, 5.74) is 38.4. The Labute approximate surface area is 680 Å². The highest BCUT2D eigenvalue weighted by molar-refractivity contribution is 14.1. The molecule has 24 nitrogen and oxygen atoms in total. The van der Waals surface area contributed by atoms with Gasteiger partial charge in [0.1, 0.15) is 17.1 Å². The van der Waals surface area contributed by atoms with Crippen LogP contribution in [0.4, 0.5) is 28.4 Å². The predicted molar refractivity (Wildman–Crippen MR) is 447 cm³/mol. The lowest BCUT2D eigenvalue weighted by molar-refractivity contribution is 0.0303. The minimum atomic E-state index is -4.00. The molecule has 12 aromatic rings. The van der Waals surface area contributed by atoms with Crippen LogP contribution in [-0.4, -0.2) is 127 Å². The summed E-state index contributed by atoms with van der Waals surface area (Å²) in [6.07, 6.45) is 6.68. The zero-order valence-electron chi connectivity index (χ0n) is 57.6. The van der Waals surface area contributed by atoms with Crippen molar-refractivity contribution in [1.82, 2.24) is 23.8 Å². The monoisotopic (exact) mass is 1890 g/mol. The molecule has 5 heterocycles. The van der Waals surface area contributed by atoms with Crippen molar-refractivity contribution >= 4 is 204 Å². The summed E-state index contributed by atoms with van der Waals surface area (Å²) in [4.78, 5) is 71.9. The number of hydrogen-bond donors (Lipinski definition) is 8. The molecule has 1 fully saturated rings. The van der Waals surface area contributed by atoms with E-state index >= 15 is 0 Å². The van der Waals surface area contributed by atoms with Crippen molar-refractivity contribution in [2.24, 2.45) is 0 Å². The molecule has 13 N–H and O–H groups in total. The lowest BCUT2D eigenvalue weighted by Crippen LogP contribution is -2.41. The van der Waals surface area contributed by atoms with Crippen LogP contribution in [-0.2, 0) is 24.2 Å². The number of carbonyl (C=O) groups excluding carboxylic acids is 3. The van der Waals surface area contributed by atoms with Crippen molar-refractivity contribution in [1.29, 1.82) is 0 Å². The molecule has 0 aliphatic carbocycles. The number of aromatic carboxylic acids is 2. The van der Waals surface area contributed by atoms with Crippen molar-refractivity contribution < 1.29 is 66.3 Å². The Morgan fingerprint density at radius 1 is 0.519 bits per heavy atom. The molecule has 13 rings (SSSR count). The first-order valence-electron chi connectivity index (χ1n) is 31.7. The SMILES string of the molecule is COC(=O)c1cc(I)cc(Cl)c1N.COC(=O)c1cc(I)ccc1N.COc1ccccc1-c1c[nH]c2ncc(-c3cc(Cl)c(N)c(C(=O)N4CCOCC4)c3)cc12.COc1ccccc1-c1cn(S(=O)(=O)c2ccc(C)cc2)c2ncc(-c3cc(Cl)c(N)c(C(=O)O)c3)cc12.Nc1c(Cl)cc(I)cc1C(=O)O. The summed E-state index contributed by atoms with van der Waals surface area (Å²) >= 11 is 30.3. The van der Waals surface area contributed by atoms with Gasteiger partial charge in [0.25, 0.3) is 15.9 Å². The van der Waals surface area contributed by atoms with Crippen LogP contribution in [0.15, 0.2) is 181 Å². The number of aryl methyl sites for hydroxylation is 1. The van der Waals surface area contributed by atoms with E-state index in [9.17, 15) is 37.5 Å². The van der Waals surface area contributed by atoms with E-state index in [1.54, 1.807) is 103 Å². The largest absolute Gasteiger partial charge is 0.496 e. The van der Waals surface area contributed by atoms with Crippen molar-refractivity contribution in [3.05, 3.63) is 241 Å². The molecule has 1 amide bonds. The first kappa shape index (κ1) is 82.4. The van der Waals surface area contributed by atoms with Gasteiger partial charge in [-0.05, 0) is 189 Å². The maximum Gasteiger partial charge on any atom is 0.340 e. The summed E-state index contributed by atoms with van der Waals surface area (Å²) in [5, 5.41) is 20.8. The fourth-order valence-electron chi connectivity index (χ4n) is 10.9. The first-order chi connectivity index (χ1) is 51.4. The van der Waals surface area contributed by atoms with E-state index < -0.39 is 33.9 Å². The Bertz CT molecular complexity index is 5570. The second kappa shape index (κ2) is 36.5. The van der Waals surface area contributed by atoms with Crippen molar-refractivity contribution in [3.63, 3.8) is 0 Å². The molecule has 4 aromatic heterocycles. The van der Waals surface area contributed by atoms with Gasteiger partial charge < -0.3 is 72.4 Å². The highest BCUT2D eigenvalue weighted by Gasteiger charge is 2.27. The number of halogens is 7. The number of carbonyl (C=O) groups is 5. The third-order valence-electron chi connectivity index (χ3n) is 16.4. The number of carboxylic acids is 2. The number of carboxylic acid groups (broad SMARTS) is 2. The Balaban J connectivity index is 0.000000172. The second-order valence-corrected chi connectivity index (χ2v) is 30.4. The number of morpholine rings is 1. The molecule has 0 radical (unpaired) electrons. The van der Waals surface area contributed by atoms with Gasteiger partial charge in [-0.2, -0.15) is 0 Å². The molecule has 1 aliphatic heterocycles. The molecule has 0 bridgehead atoms. The molecule has 0 saturated carbocycles. The van der Waals surface area contributed by atoms with Crippen LogP contribution in [0.3, 0.4) is 0 Å². The van der Waals surface area contributed by atoms with Gasteiger partial charge in [0.15, 0.2) is 5.65 Å². The van der Waals surface area contributed by atoms with Crippen molar-refractivity contribution in [3.8, 4) is 56.0 Å². The van der Waals surface area contributed by atoms with Gasteiger partial charge in [-0.15, -0.1) is 0 Å². The third kappa shape index (κ3) is 19.1. The Morgan fingerprint density at radius 3 is 1.53 bits per heavy atom. The highest BCUT2D eigenvalue weighted by atomic mass is 127. The van der Waals surface area contributed by atoms with E-state index in [2.05, 4.69) is 47.0 Å². The van der Waals surface area contributed by atoms with Gasteiger partial charge in [0.05, 0.1) is 117 Å². The normalized spacial score (nSPS) is 11.6. The lowest BCUT2D eigenvalue weighted by Gasteiger charge is -2.27. The van der Waals surface area contributed by atoms with E-state index in [0.29, 0.717) is 92.1 Å². The van der Waals surface area contributed by atoms with Crippen LogP contribution >= 0.6 is 114 Å². The van der Waals surface area contributed by atoms with Crippen LogP contribution in [0, 0.1) is 17.6 Å². The number of aromatic nitrogens is 4. The summed E-state index contributed by atoms with van der Waals surface area (Å²) < 4.78 is 56.7. The molecule has 558 valence electrons. The zero-order valence-corrected chi connectivity index (χ0v) is 67.9. The maximum absolute atomic E-state index is 13.7. The van der Waals surface area contributed by atoms with Crippen molar-refractivity contribution in [2.45, 2.75) is 11.8 Å². The molecule has 0 unspecified atom stereocenters. The van der Waals surface area contributed by atoms with Crippen LogP contribution in [0.1, 0.15) is 57.4 Å². The summed E-state index contributed by atoms with van der Waals surface area (Å²) in [6.45, 7) is 3.96. The van der Waals surface area contributed by atoms with Gasteiger partial charge in [-0.25, -0.2) is 41.5 Å². The number of nitrogen functional groups attached to an aromatic ring is 5. The standard InChI is InChI=1S/C28H22ClN3O5S.C25H23ClN4O3.C8H7ClINO2.C8H8INO2.C7H5ClINO2/c1-16-7-9-19(10-8-16)38(35,36)32-15-23(20-5-3-4-6-25(20)37-2)21-12-18(14-31-27(21)32)17-11-22(28(33)34)26(30)24(29)13-17;1-32-22-5-3-2-4-17(22)20-14-29-24-18(20)11-16(13-28-24)15-10-19(23(27)21(26)12-15)25(31)30-6-8-33-9-7-30;1-13-8(12)5-2-4(10)3-6(9)7(5)11;1-12-8(11)6-4-5(9)2-3-7(6)10;8-5-2-3(9)1-4(6(5)10)7(11)12/h3-15H,30H2,1-2H3,(H,33,34);2-5,10-14H,6-9,27H2,1H3,(H,28,29);2-3H,11H2,1H3;2-4H,10H2,1H3;1-2H,10H2,(H,11,12). The number of benzene rings is 8. The average molecular weight is 1900 g/mol. The topological polar surface area (TPSA) is 386 Å². The van der Waals surface area contributed by atoms with Gasteiger partial charge >= 0.3 is 23.9 Å². The maximum atomic E-state index is 13.7. The quantitative estimate of drug-likeness (QED) is 0.0302. The first-order valence-corrected chi connectivity index (χ1v) is 37.9. The Morgan fingerprint density at radius 2 is 0.981 bits per heavy atom. The van der Waals surface area contributed by atoms with Gasteiger partial charge in [-0.3, -0.25) is 4.79 Å². The molecular weight excluding hydrogens is 1830 g/mol. The fraction of sp³-hybridized carbons (Fsp3) is 0.118. The van der Waals surface area contributed by atoms with E-state index in [0.717, 1.165) is 59.3 Å². The summed E-state index contributed by atoms with van der Waals surface area (Å²) in [6, 6.07) is 43.6. The molecule has 0 spiro atoms. The number of anilines is 5. The zero-order chi connectivity index (χ0) is 78.6. The molecule has 32 heteroatoms. The fourth-order valence-corrected chi connectivity index (χ4v) is 15.2. The number of aromatic amines is 1. The number of nitrogens with zero attached hydrogens (tertiary/aromatic N) is 4. The summed E-state index contributed by atoms with van der Waals surface area (Å²) in [7, 11) is 1.83. The third-order valence-corrected chi connectivity index (χ3v) is 21.3. The number of H-pyrrole nitrogens is 1. The van der Waals surface area contributed by atoms with Crippen LogP contribution in [0.2, 0.25) is 20.1 Å². The molecular formula is C76H65Cl4I3N10O14S. The number of esters is 2. The minimum absolute atomic E-state index is 0.0398. The van der Waals surface area contributed by atoms with Gasteiger partial charge in [0.2, 0.25) is 0 Å². The Kier molecular flexibility index (Phi) is 27.9. The molecule has 1 aliphatic rings. The summed E-state index contributed by atoms with van der Waals surface area (Å²) in [5.74, 6) is -1.97. The van der Waals surface area contributed by atoms with Crippen LogP contribution < -0.4 is 38.1 Å². The predicted octanol–water partition coefficient (Wildman–Crippen LogP) is 16.7. The molecule has 8 aromatic carbocycles. The number of para-hydroxylation sites is 2. The van der Waals surface area contributed by atoms with Gasteiger partial charge in [-0.1, -0.05) is 100 Å². The number of nitrogens with two attached hydrogens (primary N) is 5. The smallest absolute Gasteiger partial charge is 0.340 e. The number of amides is 1. The number of pyridine rings is 2. The Hall–Kier alpha value is -9.65. The molecule has 0 atom stereocenters. The second-order valence-electron chi connectivity index (χ2n) is 23.2. The number of fused-ring (bicyclic) bond motifs is 2. The molecule has 1 saturated heterocycles. The van der Waals surface area contributed by atoms with Gasteiger partial charge in [0, 0.05) is 98.4 Å². The van der Waals surface area contributed by atoms with E-state index in [1.807, 2.05) is 113 Å². The lowest BCUT2D eigenvalue weighted by atomic mass is 9.99. The van der Waals surface area contributed by atoms with E-state index in [4.69, 9.17) is 94.4 Å². The molecule has 108 heavy (non-hydrogen) atoms. The number of nitrogens with one attached hydrogen (secondary N) is 1. The van der Waals surface area contributed by atoms with Crippen molar-refractivity contribution in [2.75, 3.05) is 83.4 Å².